The molecule has 1 amide bonds. The number of nitrogen functional groups attached to an aromatic ring is 1. The van der Waals surface area contributed by atoms with E-state index in [0.717, 1.165) is 38.9 Å². The first kappa shape index (κ1) is 17.9. The van der Waals surface area contributed by atoms with E-state index in [1.54, 1.807) is 6.20 Å². The Labute approximate surface area is 170 Å². The lowest BCUT2D eigenvalue weighted by Crippen LogP contribution is -2.41. The van der Waals surface area contributed by atoms with E-state index in [1.807, 2.05) is 17.0 Å². The number of thiophene rings is 1. The van der Waals surface area contributed by atoms with Crippen molar-refractivity contribution < 1.29 is 9.53 Å². The fraction of sp³-hybridized carbons (Fsp3) is 0.444. The summed E-state index contributed by atoms with van der Waals surface area (Å²) in [5, 5.41) is 10.6. The van der Waals surface area contributed by atoms with Crippen molar-refractivity contribution in [3.05, 3.63) is 18.3 Å². The Hall–Kier alpha value is -2.17. The van der Waals surface area contributed by atoms with Gasteiger partial charge in [-0.3, -0.25) is 9.36 Å². The molecule has 2 fully saturated rings. The molecule has 0 bridgehead atoms. The maximum absolute atomic E-state index is 12.5. The number of hydrogen-bond acceptors (Lipinski definition) is 8. The molecule has 1 aliphatic heterocycles. The second-order valence-corrected chi connectivity index (χ2v) is 8.83. The van der Waals surface area contributed by atoms with E-state index in [1.165, 1.54) is 23.1 Å². The van der Waals surface area contributed by atoms with Gasteiger partial charge in [0.05, 0.1) is 29.5 Å². The average molecular weight is 417 g/mol. The quantitative estimate of drug-likeness (QED) is 0.638. The summed E-state index contributed by atoms with van der Waals surface area (Å²) >= 11 is 2.99. The van der Waals surface area contributed by atoms with Crippen molar-refractivity contribution in [2.45, 2.75) is 24.0 Å². The number of hydrogen-bond donors (Lipinski definition) is 1. The predicted molar refractivity (Wildman–Crippen MR) is 109 cm³/mol. The number of thioether (sulfide) groups is 1. The molecule has 0 radical (unpaired) electrons. The minimum absolute atomic E-state index is 0.116. The summed E-state index contributed by atoms with van der Waals surface area (Å²) in [4.78, 5) is 20.5. The van der Waals surface area contributed by atoms with Crippen molar-refractivity contribution in [1.82, 2.24) is 24.6 Å². The smallest absolute Gasteiger partial charge is 0.233 e. The lowest BCUT2D eigenvalue weighted by Gasteiger charge is -2.26. The summed E-state index contributed by atoms with van der Waals surface area (Å²) in [6.45, 7) is 2.53. The largest absolute Gasteiger partial charge is 0.397 e. The molecule has 3 aromatic heterocycles. The number of nitrogens with zero attached hydrogens (tertiary/aromatic N) is 5. The van der Waals surface area contributed by atoms with Gasteiger partial charge >= 0.3 is 0 Å². The van der Waals surface area contributed by atoms with E-state index in [9.17, 15) is 4.79 Å². The Morgan fingerprint density at radius 3 is 2.89 bits per heavy atom. The van der Waals surface area contributed by atoms with Crippen molar-refractivity contribution in [3.63, 3.8) is 0 Å². The molecule has 146 valence electrons. The zero-order valence-corrected chi connectivity index (χ0v) is 16.8. The highest BCUT2D eigenvalue weighted by molar-refractivity contribution is 7.99. The lowest BCUT2D eigenvalue weighted by atomic mass is 10.2. The maximum atomic E-state index is 12.5. The average Bonchev–Trinajstić information content (AvgIpc) is 3.41. The summed E-state index contributed by atoms with van der Waals surface area (Å²) in [5.74, 6) is 1.25. The highest BCUT2D eigenvalue weighted by Gasteiger charge is 2.32. The van der Waals surface area contributed by atoms with Crippen LogP contribution in [0, 0.1) is 0 Å². The Balaban J connectivity index is 1.42. The van der Waals surface area contributed by atoms with Gasteiger partial charge < -0.3 is 15.4 Å². The second kappa shape index (κ2) is 7.34. The van der Waals surface area contributed by atoms with Crippen LogP contribution in [0.5, 0.6) is 0 Å². The molecule has 0 unspecified atom stereocenters. The molecule has 0 spiro atoms. The number of nitrogens with two attached hydrogens (primary N) is 1. The zero-order chi connectivity index (χ0) is 19.1. The number of rotatable bonds is 5. The molecule has 5 rings (SSSR count). The Kier molecular flexibility index (Phi) is 4.69. The lowest BCUT2D eigenvalue weighted by molar-refractivity contribution is -0.132. The van der Waals surface area contributed by atoms with Crippen LogP contribution in [0.25, 0.3) is 20.9 Å². The van der Waals surface area contributed by atoms with Crippen LogP contribution in [0.15, 0.2) is 23.5 Å². The van der Waals surface area contributed by atoms with Crippen molar-refractivity contribution in [1.29, 1.82) is 0 Å². The SMILES string of the molecule is Nc1c(-c2nnc(SCC(=O)N3CCOCC3)n2C2CC2)sc2ncccc12. The summed E-state index contributed by atoms with van der Waals surface area (Å²) in [5.41, 5.74) is 7.10. The number of anilines is 1. The number of pyridine rings is 1. The molecule has 28 heavy (non-hydrogen) atoms. The van der Waals surface area contributed by atoms with E-state index in [0.29, 0.717) is 43.8 Å². The molecule has 2 aliphatic rings. The first-order valence-corrected chi connectivity index (χ1v) is 11.1. The minimum Gasteiger partial charge on any atom is -0.397 e. The van der Waals surface area contributed by atoms with Gasteiger partial charge in [0.25, 0.3) is 0 Å². The molecule has 0 atom stereocenters. The van der Waals surface area contributed by atoms with Crippen LogP contribution in [0.4, 0.5) is 5.69 Å². The molecule has 1 saturated carbocycles. The standard InChI is InChI=1S/C18H20N6O2S2/c19-14-12-2-1-5-20-17(12)28-15(14)16-21-22-18(24(16)11-3-4-11)27-10-13(25)23-6-8-26-9-7-23/h1-2,5,11H,3-4,6-10,19H2. The number of fused-ring (bicyclic) bond motifs is 1. The molecular formula is C18H20N6O2S2. The summed E-state index contributed by atoms with van der Waals surface area (Å²) in [6.07, 6.45) is 3.96. The van der Waals surface area contributed by atoms with Crippen LogP contribution in [-0.4, -0.2) is 62.6 Å². The zero-order valence-electron chi connectivity index (χ0n) is 15.2. The third kappa shape index (κ3) is 3.25. The Bertz CT molecular complexity index is 1020. The van der Waals surface area contributed by atoms with E-state index in [4.69, 9.17) is 10.5 Å². The molecule has 3 aromatic rings. The predicted octanol–water partition coefficient (Wildman–Crippen LogP) is 2.42. The van der Waals surface area contributed by atoms with E-state index in [2.05, 4.69) is 19.7 Å². The van der Waals surface area contributed by atoms with Crippen molar-refractivity contribution in [2.75, 3.05) is 37.8 Å². The van der Waals surface area contributed by atoms with Crippen molar-refractivity contribution in [3.8, 4) is 10.7 Å². The molecule has 0 aromatic carbocycles. The topological polar surface area (TPSA) is 99.2 Å². The van der Waals surface area contributed by atoms with E-state index in [-0.39, 0.29) is 5.91 Å². The number of morpholine rings is 1. The molecule has 4 heterocycles. The fourth-order valence-electron chi connectivity index (χ4n) is 3.34. The van der Waals surface area contributed by atoms with E-state index >= 15 is 0 Å². The molecule has 1 saturated heterocycles. The highest BCUT2D eigenvalue weighted by atomic mass is 32.2. The van der Waals surface area contributed by atoms with Crippen molar-refractivity contribution >= 4 is 44.9 Å². The van der Waals surface area contributed by atoms with Crippen LogP contribution in [0.2, 0.25) is 0 Å². The number of carbonyl (C=O) groups is 1. The second-order valence-electron chi connectivity index (χ2n) is 6.89. The molecule has 10 heteroatoms. The normalized spacial score (nSPS) is 17.4. The van der Waals surface area contributed by atoms with Crippen LogP contribution in [-0.2, 0) is 9.53 Å². The van der Waals surface area contributed by atoms with Gasteiger partial charge in [-0.2, -0.15) is 0 Å². The number of carbonyl (C=O) groups excluding carboxylic acids is 1. The van der Waals surface area contributed by atoms with Gasteiger partial charge in [-0.05, 0) is 25.0 Å². The third-order valence-corrected chi connectivity index (χ3v) is 7.03. The first-order chi connectivity index (χ1) is 13.7. The first-order valence-electron chi connectivity index (χ1n) is 9.29. The summed E-state index contributed by atoms with van der Waals surface area (Å²) < 4.78 is 7.47. The molecule has 2 N–H and O–H groups in total. The summed E-state index contributed by atoms with van der Waals surface area (Å²) in [7, 11) is 0. The van der Waals surface area contributed by atoms with Gasteiger partial charge in [0, 0.05) is 30.7 Å². The summed E-state index contributed by atoms with van der Waals surface area (Å²) in [6, 6.07) is 4.24. The van der Waals surface area contributed by atoms with Gasteiger partial charge in [-0.25, -0.2) is 4.98 Å². The van der Waals surface area contributed by atoms with Crippen LogP contribution in [0.1, 0.15) is 18.9 Å². The monoisotopic (exact) mass is 416 g/mol. The number of aromatic nitrogens is 4. The van der Waals surface area contributed by atoms with E-state index < -0.39 is 0 Å². The molecular weight excluding hydrogens is 396 g/mol. The minimum atomic E-state index is 0.116. The van der Waals surface area contributed by atoms with Crippen LogP contribution < -0.4 is 5.73 Å². The Morgan fingerprint density at radius 2 is 2.14 bits per heavy atom. The van der Waals surface area contributed by atoms with Gasteiger partial charge in [0.15, 0.2) is 11.0 Å². The number of amides is 1. The van der Waals surface area contributed by atoms with Crippen molar-refractivity contribution in [2.24, 2.45) is 0 Å². The Morgan fingerprint density at radius 1 is 1.32 bits per heavy atom. The maximum Gasteiger partial charge on any atom is 0.233 e. The number of ether oxygens (including phenoxy) is 1. The third-order valence-electron chi connectivity index (χ3n) is 4.97. The van der Waals surface area contributed by atoms with Gasteiger partial charge in [0.2, 0.25) is 5.91 Å². The molecule has 8 nitrogen and oxygen atoms in total. The highest BCUT2D eigenvalue weighted by Crippen LogP contribution is 2.45. The van der Waals surface area contributed by atoms with Gasteiger partial charge in [0.1, 0.15) is 4.83 Å². The van der Waals surface area contributed by atoms with Crippen LogP contribution in [0.3, 0.4) is 0 Å². The van der Waals surface area contributed by atoms with Crippen LogP contribution >= 0.6 is 23.1 Å². The van der Waals surface area contributed by atoms with Gasteiger partial charge in [-0.15, -0.1) is 21.5 Å². The fourth-order valence-corrected chi connectivity index (χ4v) is 5.29. The molecule has 1 aliphatic carbocycles. The van der Waals surface area contributed by atoms with Gasteiger partial charge in [-0.1, -0.05) is 11.8 Å².